The van der Waals surface area contributed by atoms with Crippen LogP contribution in [0.25, 0.3) is 17.0 Å². The Hall–Kier alpha value is -4.70. The smallest absolute Gasteiger partial charge is 0.318 e. The molecule has 9 rings (SSSR count). The molecule has 0 radical (unpaired) electrons. The van der Waals surface area contributed by atoms with E-state index >= 15 is 0 Å². The molecular formula is C41H52N6O9S. The molecule has 2 saturated heterocycles. The molecule has 1 aromatic carbocycles. The minimum Gasteiger partial charge on any atom is -0.497 e. The Kier molecular flexibility index (Phi) is 10.9. The van der Waals surface area contributed by atoms with Gasteiger partial charge in [-0.1, -0.05) is 37.5 Å². The average Bonchev–Trinajstić information content (AvgIpc) is 4.12. The van der Waals surface area contributed by atoms with Gasteiger partial charge in [-0.3, -0.25) is 19.1 Å². The Morgan fingerprint density at radius 1 is 1.05 bits per heavy atom. The second kappa shape index (κ2) is 15.9. The summed E-state index contributed by atoms with van der Waals surface area (Å²) in [7, 11) is -2.32. The number of carbonyl (C=O) groups is 4. The summed E-state index contributed by atoms with van der Waals surface area (Å²) in [6.07, 6.45) is 11.7. The first-order valence-electron chi connectivity index (χ1n) is 20.3. The van der Waals surface area contributed by atoms with E-state index in [1.807, 2.05) is 36.4 Å². The van der Waals surface area contributed by atoms with Gasteiger partial charge < -0.3 is 34.6 Å². The minimum atomic E-state index is -3.90. The number of sulfonamides is 1. The van der Waals surface area contributed by atoms with E-state index in [9.17, 15) is 27.6 Å². The fourth-order valence-corrected chi connectivity index (χ4v) is 10.0. The lowest BCUT2D eigenvalue weighted by molar-refractivity contribution is -0.142. The van der Waals surface area contributed by atoms with Crippen molar-refractivity contribution in [2.24, 2.45) is 11.8 Å². The van der Waals surface area contributed by atoms with Gasteiger partial charge in [0.2, 0.25) is 27.7 Å². The summed E-state index contributed by atoms with van der Waals surface area (Å²) in [6.45, 7) is 5.20. The molecule has 4 bridgehead atoms. The number of hydrogen-bond donors (Lipinski definition) is 3. The molecule has 1 aromatic heterocycles. The monoisotopic (exact) mass is 804 g/mol. The molecule has 5 heterocycles. The van der Waals surface area contributed by atoms with E-state index in [4.69, 9.17) is 19.2 Å². The van der Waals surface area contributed by atoms with Crippen molar-refractivity contribution >= 4 is 50.8 Å². The molecule has 2 aromatic rings. The topological polar surface area (TPSA) is 186 Å². The number of amides is 5. The zero-order valence-corrected chi connectivity index (χ0v) is 33.1. The predicted octanol–water partition coefficient (Wildman–Crippen LogP) is 3.43. The molecular weight excluding hydrogens is 753 g/mol. The van der Waals surface area contributed by atoms with Crippen molar-refractivity contribution in [2.45, 2.75) is 106 Å². The van der Waals surface area contributed by atoms with Crippen molar-refractivity contribution in [2.75, 3.05) is 33.4 Å². The van der Waals surface area contributed by atoms with E-state index in [1.165, 1.54) is 11.0 Å². The van der Waals surface area contributed by atoms with Gasteiger partial charge in [-0.15, -0.1) is 6.58 Å². The first kappa shape index (κ1) is 39.1. The summed E-state index contributed by atoms with van der Waals surface area (Å²) >= 11 is 0. The van der Waals surface area contributed by atoms with Crippen LogP contribution < -0.4 is 24.8 Å². The van der Waals surface area contributed by atoms with Gasteiger partial charge in [0, 0.05) is 36.0 Å². The molecule has 7 aliphatic rings. The van der Waals surface area contributed by atoms with Crippen molar-refractivity contribution in [3.05, 3.63) is 48.6 Å². The third-order valence-electron chi connectivity index (χ3n) is 12.4. The molecule has 5 fully saturated rings. The Morgan fingerprint density at radius 3 is 2.56 bits per heavy atom. The molecule has 306 valence electrons. The number of nitrogens with one attached hydrogen (secondary N) is 3. The van der Waals surface area contributed by atoms with Crippen LogP contribution in [0.5, 0.6) is 11.6 Å². The van der Waals surface area contributed by atoms with Crippen LogP contribution in [0.2, 0.25) is 0 Å². The first-order valence-corrected chi connectivity index (χ1v) is 21.8. The minimum absolute atomic E-state index is 0.0107. The molecule has 15 nitrogen and oxygen atoms in total. The van der Waals surface area contributed by atoms with E-state index in [2.05, 4.69) is 21.9 Å². The third-order valence-corrected chi connectivity index (χ3v) is 14.2. The number of fused-ring (bicyclic) bond motifs is 8. The van der Waals surface area contributed by atoms with E-state index in [0.29, 0.717) is 49.7 Å². The quantitative estimate of drug-likeness (QED) is 0.334. The van der Waals surface area contributed by atoms with Crippen LogP contribution in [-0.2, 0) is 29.1 Å². The van der Waals surface area contributed by atoms with E-state index in [1.54, 1.807) is 12.0 Å². The van der Waals surface area contributed by atoms with Crippen molar-refractivity contribution < 1.29 is 41.8 Å². The third kappa shape index (κ3) is 8.20. The Bertz CT molecular complexity index is 2060. The van der Waals surface area contributed by atoms with Crippen molar-refractivity contribution in [1.82, 2.24) is 30.1 Å². The summed E-state index contributed by atoms with van der Waals surface area (Å²) in [5.74, 6) is -1.55. The zero-order chi connectivity index (χ0) is 39.9. The lowest BCUT2D eigenvalue weighted by Crippen LogP contribution is -2.63. The van der Waals surface area contributed by atoms with Gasteiger partial charge in [0.15, 0.2) is 0 Å². The number of carbonyl (C=O) groups excluding carboxylic acids is 4. The van der Waals surface area contributed by atoms with Crippen LogP contribution in [0, 0.1) is 11.8 Å². The van der Waals surface area contributed by atoms with Crippen LogP contribution in [0.1, 0.15) is 76.2 Å². The number of allylic oxidation sites excluding steroid dienone is 1. The Morgan fingerprint density at radius 2 is 1.84 bits per heavy atom. The summed E-state index contributed by atoms with van der Waals surface area (Å²) in [4.78, 5) is 64.8. The largest absolute Gasteiger partial charge is 0.497 e. The van der Waals surface area contributed by atoms with E-state index in [0.717, 1.165) is 55.9 Å². The number of ether oxygens (including phenoxy) is 3. The molecule has 57 heavy (non-hydrogen) atoms. The van der Waals surface area contributed by atoms with Gasteiger partial charge in [0.1, 0.15) is 29.5 Å². The normalized spacial score (nSPS) is 30.3. The summed E-state index contributed by atoms with van der Waals surface area (Å²) in [6, 6.07) is 5.22. The lowest BCUT2D eigenvalue weighted by atomic mass is 9.83. The summed E-state index contributed by atoms with van der Waals surface area (Å²) < 4.78 is 46.0. The number of pyridine rings is 1. The first-order chi connectivity index (χ1) is 27.5. The van der Waals surface area contributed by atoms with E-state index < -0.39 is 62.6 Å². The number of nitrogens with zero attached hydrogens (tertiary/aromatic N) is 3. The maximum absolute atomic E-state index is 14.9. The summed E-state index contributed by atoms with van der Waals surface area (Å²) in [5.41, 5.74) is -0.178. The van der Waals surface area contributed by atoms with Crippen LogP contribution in [0.4, 0.5) is 4.79 Å². The highest BCUT2D eigenvalue weighted by Gasteiger charge is 2.62. The van der Waals surface area contributed by atoms with Crippen LogP contribution in [-0.4, -0.2) is 115 Å². The molecule has 3 N–H and O–H groups in total. The van der Waals surface area contributed by atoms with Crippen molar-refractivity contribution in [3.8, 4) is 11.6 Å². The molecule has 5 amide bonds. The van der Waals surface area contributed by atoms with E-state index in [-0.39, 0.29) is 37.4 Å². The number of urea groups is 1. The van der Waals surface area contributed by atoms with Gasteiger partial charge in [0.25, 0.3) is 5.91 Å². The van der Waals surface area contributed by atoms with Gasteiger partial charge >= 0.3 is 6.03 Å². The predicted molar refractivity (Wildman–Crippen MR) is 211 cm³/mol. The van der Waals surface area contributed by atoms with Crippen LogP contribution in [0.3, 0.4) is 0 Å². The Balaban J connectivity index is 1.13. The van der Waals surface area contributed by atoms with Crippen molar-refractivity contribution in [1.29, 1.82) is 0 Å². The number of rotatable bonds is 8. The Labute approximate surface area is 333 Å². The molecule has 16 heteroatoms. The number of hydrogen-bond acceptors (Lipinski definition) is 10. The average molecular weight is 805 g/mol. The number of methoxy groups -OCH3 is 1. The summed E-state index contributed by atoms with van der Waals surface area (Å²) in [5, 5.41) is 6.16. The van der Waals surface area contributed by atoms with Gasteiger partial charge in [-0.25, -0.2) is 18.2 Å². The molecule has 3 aliphatic carbocycles. The second-order valence-corrected chi connectivity index (χ2v) is 18.3. The van der Waals surface area contributed by atoms with Crippen LogP contribution in [0.15, 0.2) is 43.0 Å². The highest BCUT2D eigenvalue weighted by Crippen LogP contribution is 2.46. The maximum Gasteiger partial charge on any atom is 0.318 e. The van der Waals surface area contributed by atoms with Crippen molar-refractivity contribution in [3.63, 3.8) is 0 Å². The van der Waals surface area contributed by atoms with Gasteiger partial charge in [-0.05, 0) is 69.1 Å². The van der Waals surface area contributed by atoms with Gasteiger partial charge in [-0.2, -0.15) is 0 Å². The van der Waals surface area contributed by atoms with Gasteiger partial charge in [0.05, 0.1) is 43.6 Å². The highest BCUT2D eigenvalue weighted by atomic mass is 32.2. The second-order valence-electron chi connectivity index (χ2n) is 16.4. The SMILES string of the molecule is C=C[C@@H]1C[C@]1(NC(=O)[C@@H]1C[C@@H]2CN1C(=O)[C@H](C1CCCCC1)NC(=O)N1CC(C1)OCCC/C=C/c1cc3ccc(OC)cc3nc1O2)C(=O)NS(=O)(=O)C1CC1. The van der Waals surface area contributed by atoms with Crippen LogP contribution >= 0.6 is 0 Å². The molecule has 0 spiro atoms. The fourth-order valence-electron chi connectivity index (χ4n) is 8.66. The molecule has 0 unspecified atom stereocenters. The number of aromatic nitrogens is 1. The maximum atomic E-state index is 14.9. The number of benzene rings is 1. The fraction of sp³-hybridized carbons (Fsp3) is 0.585. The molecule has 5 atom stereocenters. The zero-order valence-electron chi connectivity index (χ0n) is 32.3. The molecule has 3 saturated carbocycles. The highest BCUT2D eigenvalue weighted by molar-refractivity contribution is 7.91. The standard InChI is InChI=1S/C41H52N6O9S/c1-3-28-21-41(28,39(50)45-57(52,53)32-15-16-32)44-36(48)34-20-30-24-47(34)38(49)35(25-10-6-4-7-11-25)43-40(51)46-22-31(23-46)55-17-9-5-8-12-27-18-26-13-14-29(54-2)19-33(26)42-37(27)56-30/h3,8,12-14,18-19,25,28,30-32,34-35H,1,4-7,9-11,15-17,20-24H2,2H3,(H,43,51)(H,44,48)(H,45,50)/b12-8+/t28-,30-,34+,35+,41-/m1/s1. The lowest BCUT2D eigenvalue weighted by Gasteiger charge is -2.41. The molecule has 4 aliphatic heterocycles.